The van der Waals surface area contributed by atoms with Crippen LogP contribution in [0.25, 0.3) is 0 Å². The van der Waals surface area contributed by atoms with Gasteiger partial charge in [-0.1, -0.05) is 19.1 Å². The van der Waals surface area contributed by atoms with Crippen LogP contribution in [0.2, 0.25) is 0 Å². The molecular weight excluding hydrogens is 184 g/mol. The van der Waals surface area contributed by atoms with Crippen molar-refractivity contribution in [3.8, 4) is 0 Å². The predicted octanol–water partition coefficient (Wildman–Crippen LogP) is 1.06. The average Bonchev–Trinajstić information content (AvgIpc) is 2.52. The van der Waals surface area contributed by atoms with Gasteiger partial charge in [0, 0.05) is 13.0 Å². The molecule has 0 spiro atoms. The molecule has 13 heavy (non-hydrogen) atoms. The van der Waals surface area contributed by atoms with E-state index < -0.39 is 0 Å². The summed E-state index contributed by atoms with van der Waals surface area (Å²) in [5.74, 6) is 0.192. The highest BCUT2D eigenvalue weighted by Crippen LogP contribution is 2.18. The molecule has 1 rings (SSSR count). The van der Waals surface area contributed by atoms with Gasteiger partial charge in [-0.3, -0.25) is 4.79 Å². The minimum Gasteiger partial charge on any atom is -0.392 e. The molecule has 1 heterocycles. The van der Waals surface area contributed by atoms with Crippen LogP contribution in [0.3, 0.4) is 0 Å². The number of likely N-dealkylation sites (tertiary alicyclic amines) is 1. The molecule has 2 N–H and O–H groups in total. The highest BCUT2D eigenvalue weighted by atomic mass is 32.1. The van der Waals surface area contributed by atoms with Crippen LogP contribution in [-0.2, 0) is 4.79 Å². The summed E-state index contributed by atoms with van der Waals surface area (Å²) in [6.07, 6.45) is 3.46. The lowest BCUT2D eigenvalue weighted by atomic mass is 10.2. The molecule has 1 unspecified atom stereocenters. The van der Waals surface area contributed by atoms with Gasteiger partial charge in [0.2, 0.25) is 5.91 Å². The van der Waals surface area contributed by atoms with Crippen molar-refractivity contribution in [3.63, 3.8) is 0 Å². The summed E-state index contributed by atoms with van der Waals surface area (Å²) in [6.45, 7) is 2.82. The van der Waals surface area contributed by atoms with Gasteiger partial charge < -0.3 is 10.6 Å². The Bertz CT molecular complexity index is 218. The van der Waals surface area contributed by atoms with E-state index in [1.807, 2.05) is 11.8 Å². The van der Waals surface area contributed by atoms with Crippen molar-refractivity contribution in [1.29, 1.82) is 0 Å². The Balaban J connectivity index is 2.57. The largest absolute Gasteiger partial charge is 0.392 e. The third kappa shape index (κ3) is 2.40. The molecule has 4 heteroatoms. The maximum atomic E-state index is 11.6. The van der Waals surface area contributed by atoms with Gasteiger partial charge in [-0.05, 0) is 19.3 Å². The number of thiocarbonyl (C=S) groups is 1. The molecule has 1 amide bonds. The summed E-state index contributed by atoms with van der Waals surface area (Å²) in [5.41, 5.74) is 5.56. The summed E-state index contributed by atoms with van der Waals surface area (Å²) in [7, 11) is 0. The van der Waals surface area contributed by atoms with Crippen molar-refractivity contribution in [1.82, 2.24) is 4.90 Å². The normalized spacial score (nSPS) is 21.9. The molecule has 1 fully saturated rings. The van der Waals surface area contributed by atoms with Crippen molar-refractivity contribution in [2.45, 2.75) is 38.6 Å². The lowest BCUT2D eigenvalue weighted by Crippen LogP contribution is -2.42. The van der Waals surface area contributed by atoms with Crippen molar-refractivity contribution < 1.29 is 4.79 Å². The first-order chi connectivity index (χ1) is 6.16. The fraction of sp³-hybridized carbons (Fsp3) is 0.778. The first-order valence-electron chi connectivity index (χ1n) is 4.75. The number of carbonyl (C=O) groups is 1. The third-order valence-electron chi connectivity index (χ3n) is 2.37. The molecule has 1 atom stereocenters. The van der Waals surface area contributed by atoms with Crippen LogP contribution in [0.15, 0.2) is 0 Å². The average molecular weight is 200 g/mol. The Hall–Kier alpha value is -0.640. The first kappa shape index (κ1) is 10.4. The molecule has 0 aromatic carbocycles. The lowest BCUT2D eigenvalue weighted by molar-refractivity contribution is -0.130. The molecule has 0 aliphatic carbocycles. The molecule has 74 valence electrons. The second-order valence-electron chi connectivity index (χ2n) is 3.40. The van der Waals surface area contributed by atoms with E-state index in [-0.39, 0.29) is 11.9 Å². The van der Waals surface area contributed by atoms with Gasteiger partial charge >= 0.3 is 0 Å². The van der Waals surface area contributed by atoms with Crippen molar-refractivity contribution in [2.75, 3.05) is 6.54 Å². The Morgan fingerprint density at radius 1 is 1.69 bits per heavy atom. The zero-order chi connectivity index (χ0) is 9.84. The number of nitrogens with two attached hydrogens (primary N) is 1. The topological polar surface area (TPSA) is 46.3 Å². The van der Waals surface area contributed by atoms with E-state index in [2.05, 4.69) is 0 Å². The molecule has 1 aliphatic rings. The van der Waals surface area contributed by atoms with E-state index in [0.29, 0.717) is 11.4 Å². The van der Waals surface area contributed by atoms with Crippen LogP contribution in [-0.4, -0.2) is 28.4 Å². The Morgan fingerprint density at radius 2 is 2.38 bits per heavy atom. The monoisotopic (exact) mass is 200 g/mol. The molecule has 0 aromatic rings. The number of hydrogen-bond donors (Lipinski definition) is 1. The number of amides is 1. The molecule has 3 nitrogen and oxygen atoms in total. The predicted molar refractivity (Wildman–Crippen MR) is 56.4 cm³/mol. The van der Waals surface area contributed by atoms with Crippen LogP contribution >= 0.6 is 12.2 Å². The van der Waals surface area contributed by atoms with E-state index in [9.17, 15) is 4.79 Å². The summed E-state index contributed by atoms with van der Waals surface area (Å²) >= 11 is 4.92. The number of carbonyl (C=O) groups excluding carboxylic acids is 1. The quantitative estimate of drug-likeness (QED) is 0.693. The molecule has 0 aromatic heterocycles. The third-order valence-corrected chi connectivity index (χ3v) is 2.64. The van der Waals surface area contributed by atoms with E-state index >= 15 is 0 Å². The fourth-order valence-electron chi connectivity index (χ4n) is 1.72. The second kappa shape index (κ2) is 4.56. The van der Waals surface area contributed by atoms with Crippen LogP contribution < -0.4 is 5.73 Å². The zero-order valence-corrected chi connectivity index (χ0v) is 8.77. The lowest BCUT2D eigenvalue weighted by Gasteiger charge is -2.23. The second-order valence-corrected chi connectivity index (χ2v) is 3.87. The van der Waals surface area contributed by atoms with Gasteiger partial charge in [0.1, 0.15) is 0 Å². The highest BCUT2D eigenvalue weighted by molar-refractivity contribution is 7.80. The van der Waals surface area contributed by atoms with Gasteiger partial charge in [-0.15, -0.1) is 0 Å². The maximum absolute atomic E-state index is 11.6. The van der Waals surface area contributed by atoms with E-state index in [1.54, 1.807) is 0 Å². The summed E-state index contributed by atoms with van der Waals surface area (Å²) in [4.78, 5) is 13.9. The van der Waals surface area contributed by atoms with E-state index in [0.717, 1.165) is 25.8 Å². The van der Waals surface area contributed by atoms with Gasteiger partial charge in [0.15, 0.2) is 0 Å². The Kier molecular flexibility index (Phi) is 3.66. The Morgan fingerprint density at radius 3 is 2.92 bits per heavy atom. The molecule has 1 aliphatic heterocycles. The van der Waals surface area contributed by atoms with Crippen LogP contribution in [0.5, 0.6) is 0 Å². The van der Waals surface area contributed by atoms with Crippen LogP contribution in [0.1, 0.15) is 32.6 Å². The fourth-order valence-corrected chi connectivity index (χ4v) is 1.96. The van der Waals surface area contributed by atoms with Gasteiger partial charge in [0.25, 0.3) is 0 Å². The molecule has 0 saturated carbocycles. The van der Waals surface area contributed by atoms with Crippen LogP contribution in [0, 0.1) is 0 Å². The number of hydrogen-bond acceptors (Lipinski definition) is 2. The van der Waals surface area contributed by atoms with Gasteiger partial charge in [0.05, 0.1) is 11.0 Å². The summed E-state index contributed by atoms with van der Waals surface area (Å²) < 4.78 is 0. The van der Waals surface area contributed by atoms with Crippen molar-refractivity contribution in [3.05, 3.63) is 0 Å². The maximum Gasteiger partial charge on any atom is 0.223 e. The SMILES string of the molecule is CCCC(=O)N1CCCC1C(N)=S. The molecule has 0 radical (unpaired) electrons. The number of nitrogens with zero attached hydrogens (tertiary/aromatic N) is 1. The van der Waals surface area contributed by atoms with Crippen molar-refractivity contribution in [2.24, 2.45) is 5.73 Å². The van der Waals surface area contributed by atoms with Crippen LogP contribution in [0.4, 0.5) is 0 Å². The minimum atomic E-state index is 0.0223. The standard InChI is InChI=1S/C9H16N2OS/c1-2-4-8(12)11-6-3-5-7(11)9(10)13/h7H,2-6H2,1H3,(H2,10,13). The summed E-state index contributed by atoms with van der Waals surface area (Å²) in [5, 5.41) is 0. The van der Waals surface area contributed by atoms with Gasteiger partial charge in [-0.2, -0.15) is 0 Å². The van der Waals surface area contributed by atoms with E-state index in [4.69, 9.17) is 18.0 Å². The minimum absolute atomic E-state index is 0.0223. The first-order valence-corrected chi connectivity index (χ1v) is 5.16. The number of rotatable bonds is 3. The highest BCUT2D eigenvalue weighted by Gasteiger charge is 2.29. The van der Waals surface area contributed by atoms with Crippen molar-refractivity contribution >= 4 is 23.1 Å². The molecule has 1 saturated heterocycles. The molecular formula is C9H16N2OS. The molecule has 0 bridgehead atoms. The smallest absolute Gasteiger partial charge is 0.223 e. The van der Waals surface area contributed by atoms with Gasteiger partial charge in [-0.25, -0.2) is 0 Å². The van der Waals surface area contributed by atoms with E-state index in [1.165, 1.54) is 0 Å². The summed E-state index contributed by atoms with van der Waals surface area (Å²) in [6, 6.07) is 0.0223. The Labute approximate surface area is 84.3 Å². The zero-order valence-electron chi connectivity index (χ0n) is 7.95.